The molecule has 0 bridgehead atoms. The molecule has 3 rings (SSSR count). The van der Waals surface area contributed by atoms with Gasteiger partial charge in [-0.25, -0.2) is 4.79 Å². The van der Waals surface area contributed by atoms with Crippen LogP contribution in [0.4, 0.5) is 0 Å². The van der Waals surface area contributed by atoms with E-state index in [1.165, 1.54) is 12.7 Å². The van der Waals surface area contributed by atoms with E-state index in [9.17, 15) is 4.79 Å². The molecule has 132 valence electrons. The Morgan fingerprint density at radius 1 is 1.20 bits per heavy atom. The number of benzene rings is 2. The Bertz CT molecular complexity index is 729. The second kappa shape index (κ2) is 7.81. The molecule has 1 aliphatic heterocycles. The normalized spacial score (nSPS) is 21.1. The van der Waals surface area contributed by atoms with Crippen molar-refractivity contribution in [3.8, 4) is 0 Å². The molecular weight excluding hydrogens is 314 g/mol. The van der Waals surface area contributed by atoms with E-state index in [-0.39, 0.29) is 18.2 Å². The van der Waals surface area contributed by atoms with Crippen molar-refractivity contribution in [2.45, 2.75) is 32.6 Å². The predicted molar refractivity (Wildman–Crippen MR) is 97.5 cm³/mol. The lowest BCUT2D eigenvalue weighted by Gasteiger charge is -2.37. The molecular formula is C21H25NO3. The van der Waals surface area contributed by atoms with E-state index in [1.54, 1.807) is 0 Å². The highest BCUT2D eigenvalue weighted by atomic mass is 16.5. The van der Waals surface area contributed by atoms with Crippen LogP contribution in [0.25, 0.3) is 0 Å². The Balaban J connectivity index is 1.76. The first-order valence-electron chi connectivity index (χ1n) is 8.67. The van der Waals surface area contributed by atoms with Gasteiger partial charge in [-0.05, 0) is 42.7 Å². The van der Waals surface area contributed by atoms with Gasteiger partial charge < -0.3 is 9.47 Å². The summed E-state index contributed by atoms with van der Waals surface area (Å²) >= 11 is 0. The minimum Gasteiger partial charge on any atom is -0.465 e. The van der Waals surface area contributed by atoms with Gasteiger partial charge in [0.25, 0.3) is 0 Å². The summed E-state index contributed by atoms with van der Waals surface area (Å²) in [5.41, 5.74) is 4.08. The van der Waals surface area contributed by atoms with Gasteiger partial charge in [0.2, 0.25) is 0 Å². The summed E-state index contributed by atoms with van der Waals surface area (Å²) in [4.78, 5) is 14.1. The molecule has 0 aromatic heterocycles. The van der Waals surface area contributed by atoms with Crippen molar-refractivity contribution in [3.63, 3.8) is 0 Å². The van der Waals surface area contributed by atoms with Crippen LogP contribution in [0.3, 0.4) is 0 Å². The van der Waals surface area contributed by atoms with Gasteiger partial charge in [-0.15, -0.1) is 0 Å². The molecule has 2 aromatic carbocycles. The third-order valence-electron chi connectivity index (χ3n) is 4.62. The zero-order valence-corrected chi connectivity index (χ0v) is 15.1. The van der Waals surface area contributed by atoms with Crippen LogP contribution < -0.4 is 0 Å². The van der Waals surface area contributed by atoms with Crippen LogP contribution in [0.15, 0.2) is 48.5 Å². The molecule has 4 nitrogen and oxygen atoms in total. The molecule has 1 aliphatic rings. The zero-order chi connectivity index (χ0) is 17.8. The maximum atomic E-state index is 11.7. The van der Waals surface area contributed by atoms with Gasteiger partial charge in [-0.1, -0.05) is 36.4 Å². The number of morpholine rings is 1. The second-order valence-electron chi connectivity index (χ2n) is 6.68. The summed E-state index contributed by atoms with van der Waals surface area (Å²) in [6.07, 6.45) is 0.182. The smallest absolute Gasteiger partial charge is 0.337 e. The van der Waals surface area contributed by atoms with Crippen molar-refractivity contribution in [2.75, 3.05) is 20.2 Å². The molecule has 0 saturated carbocycles. The standard InChI is InChI=1S/C21H25NO3/c1-15-11-18(21(23)24-3)9-10-19(15)20-14-22(12-16(2)25-20)13-17-7-5-4-6-8-17/h4-11,16,20H,12-14H2,1-3H3/t16-,20+/m1/s1. The van der Waals surface area contributed by atoms with Gasteiger partial charge >= 0.3 is 5.97 Å². The Hall–Kier alpha value is -2.17. The SMILES string of the molecule is COC(=O)c1ccc([C@@H]2CN(Cc3ccccc3)C[C@@H](C)O2)c(C)c1. The molecule has 0 radical (unpaired) electrons. The van der Waals surface area contributed by atoms with E-state index >= 15 is 0 Å². The lowest BCUT2D eigenvalue weighted by atomic mass is 9.98. The highest BCUT2D eigenvalue weighted by molar-refractivity contribution is 5.89. The third-order valence-corrected chi connectivity index (χ3v) is 4.62. The number of carbonyl (C=O) groups excluding carboxylic acids is 1. The van der Waals surface area contributed by atoms with Crippen LogP contribution in [0.2, 0.25) is 0 Å². The predicted octanol–water partition coefficient (Wildman–Crippen LogP) is 3.74. The highest BCUT2D eigenvalue weighted by Gasteiger charge is 2.27. The van der Waals surface area contributed by atoms with E-state index in [4.69, 9.17) is 9.47 Å². The maximum absolute atomic E-state index is 11.7. The fraction of sp³-hybridized carbons (Fsp3) is 0.381. The first-order chi connectivity index (χ1) is 12.1. The van der Waals surface area contributed by atoms with Gasteiger partial charge in [-0.3, -0.25) is 4.90 Å². The molecule has 0 N–H and O–H groups in total. The zero-order valence-electron chi connectivity index (χ0n) is 15.1. The number of ether oxygens (including phenoxy) is 2. The number of esters is 1. The fourth-order valence-electron chi connectivity index (χ4n) is 3.46. The van der Waals surface area contributed by atoms with E-state index in [2.05, 4.69) is 36.1 Å². The topological polar surface area (TPSA) is 38.8 Å². The van der Waals surface area contributed by atoms with Crippen LogP contribution >= 0.6 is 0 Å². The average Bonchev–Trinajstić information content (AvgIpc) is 2.61. The van der Waals surface area contributed by atoms with E-state index in [0.29, 0.717) is 5.56 Å². The van der Waals surface area contributed by atoms with E-state index < -0.39 is 0 Å². The minimum absolute atomic E-state index is 0.0131. The fourth-order valence-corrected chi connectivity index (χ4v) is 3.46. The van der Waals surface area contributed by atoms with E-state index in [1.807, 2.05) is 31.2 Å². The molecule has 1 heterocycles. The molecule has 1 fully saturated rings. The summed E-state index contributed by atoms with van der Waals surface area (Å²) in [6, 6.07) is 16.2. The van der Waals surface area contributed by atoms with Crippen LogP contribution in [-0.4, -0.2) is 37.2 Å². The number of aryl methyl sites for hydroxylation is 1. The van der Waals surface area contributed by atoms with Crippen molar-refractivity contribution in [3.05, 3.63) is 70.8 Å². The molecule has 2 atom stereocenters. The van der Waals surface area contributed by atoms with Crippen molar-refractivity contribution in [1.29, 1.82) is 0 Å². The Kier molecular flexibility index (Phi) is 5.51. The van der Waals surface area contributed by atoms with Crippen molar-refractivity contribution < 1.29 is 14.3 Å². The van der Waals surface area contributed by atoms with Crippen molar-refractivity contribution in [2.24, 2.45) is 0 Å². The highest BCUT2D eigenvalue weighted by Crippen LogP contribution is 2.29. The van der Waals surface area contributed by atoms with Gasteiger partial charge in [0.1, 0.15) is 0 Å². The number of methoxy groups -OCH3 is 1. The quantitative estimate of drug-likeness (QED) is 0.796. The number of rotatable bonds is 4. The third kappa shape index (κ3) is 4.27. The molecule has 0 aliphatic carbocycles. The van der Waals surface area contributed by atoms with Crippen LogP contribution in [0, 0.1) is 6.92 Å². The summed E-state index contributed by atoms with van der Waals surface area (Å²) in [5.74, 6) is -0.307. The molecule has 0 amide bonds. The Labute approximate surface area is 149 Å². The van der Waals surface area contributed by atoms with Gasteiger partial charge in [0.15, 0.2) is 0 Å². The van der Waals surface area contributed by atoms with E-state index in [0.717, 1.165) is 30.8 Å². The average molecular weight is 339 g/mol. The monoisotopic (exact) mass is 339 g/mol. The maximum Gasteiger partial charge on any atom is 0.337 e. The minimum atomic E-state index is -0.307. The second-order valence-corrected chi connectivity index (χ2v) is 6.68. The number of carbonyl (C=O) groups is 1. The number of nitrogens with zero attached hydrogens (tertiary/aromatic N) is 1. The summed E-state index contributed by atoms with van der Waals surface area (Å²) in [6.45, 7) is 6.82. The lowest BCUT2D eigenvalue weighted by Crippen LogP contribution is -2.42. The van der Waals surface area contributed by atoms with Crippen molar-refractivity contribution >= 4 is 5.97 Å². The summed E-state index contributed by atoms with van der Waals surface area (Å²) in [7, 11) is 1.40. The van der Waals surface area contributed by atoms with Crippen molar-refractivity contribution in [1.82, 2.24) is 4.90 Å². The molecule has 2 aromatic rings. The van der Waals surface area contributed by atoms with Crippen LogP contribution in [-0.2, 0) is 16.0 Å². The number of hydrogen-bond acceptors (Lipinski definition) is 4. The number of hydrogen-bond donors (Lipinski definition) is 0. The molecule has 0 spiro atoms. The van der Waals surface area contributed by atoms with Gasteiger partial charge in [0, 0.05) is 19.6 Å². The van der Waals surface area contributed by atoms with Crippen LogP contribution in [0.1, 0.15) is 40.1 Å². The van der Waals surface area contributed by atoms with Gasteiger partial charge in [-0.2, -0.15) is 0 Å². The molecule has 4 heteroatoms. The Morgan fingerprint density at radius 3 is 2.64 bits per heavy atom. The largest absolute Gasteiger partial charge is 0.465 e. The first-order valence-corrected chi connectivity index (χ1v) is 8.67. The molecule has 0 unspecified atom stereocenters. The lowest BCUT2D eigenvalue weighted by molar-refractivity contribution is -0.0816. The first kappa shape index (κ1) is 17.6. The van der Waals surface area contributed by atoms with Crippen LogP contribution in [0.5, 0.6) is 0 Å². The summed E-state index contributed by atoms with van der Waals surface area (Å²) in [5, 5.41) is 0. The van der Waals surface area contributed by atoms with Gasteiger partial charge in [0.05, 0.1) is 24.9 Å². The Morgan fingerprint density at radius 2 is 1.96 bits per heavy atom. The molecule has 1 saturated heterocycles. The molecule has 25 heavy (non-hydrogen) atoms. The summed E-state index contributed by atoms with van der Waals surface area (Å²) < 4.78 is 11.0.